The summed E-state index contributed by atoms with van der Waals surface area (Å²) >= 11 is 0. The zero-order valence-corrected chi connectivity index (χ0v) is 7.43. The molecule has 3 nitrogen and oxygen atoms in total. The van der Waals surface area contributed by atoms with Crippen molar-refractivity contribution in [2.75, 3.05) is 6.54 Å². The van der Waals surface area contributed by atoms with E-state index < -0.39 is 24.5 Å². The van der Waals surface area contributed by atoms with Gasteiger partial charge in [-0.15, -0.1) is 0 Å². The average Bonchev–Trinajstić information content (AvgIpc) is 2.19. The number of hydrogen-bond donors (Lipinski definition) is 1. The van der Waals surface area contributed by atoms with Crippen LogP contribution < -0.4 is 5.32 Å². The molecule has 0 radical (unpaired) electrons. The molecule has 0 saturated heterocycles. The van der Waals surface area contributed by atoms with Gasteiger partial charge >= 0.3 is 5.97 Å². The van der Waals surface area contributed by atoms with Crippen LogP contribution in [-0.2, 0) is 9.53 Å². The minimum atomic E-state index is -2.44. The van der Waals surface area contributed by atoms with Gasteiger partial charge in [0.1, 0.15) is 5.60 Å². The van der Waals surface area contributed by atoms with E-state index in [0.29, 0.717) is 5.70 Å². The smallest absolute Gasteiger partial charge is 0.333 e. The molecule has 0 unspecified atom stereocenters. The van der Waals surface area contributed by atoms with Gasteiger partial charge in [0.25, 0.3) is 6.43 Å². The van der Waals surface area contributed by atoms with Gasteiger partial charge in [0.05, 0.1) is 12.2 Å². The zero-order valence-electron chi connectivity index (χ0n) is 7.43. The maximum atomic E-state index is 11.8. The molecular weight excluding hydrogens is 180 g/mol. The molecule has 0 atom stereocenters. The summed E-state index contributed by atoms with van der Waals surface area (Å²) in [7, 11) is 0. The number of ether oxygens (including phenoxy) is 1. The molecule has 0 aromatic heterocycles. The van der Waals surface area contributed by atoms with E-state index in [9.17, 15) is 13.6 Å². The highest BCUT2D eigenvalue weighted by Crippen LogP contribution is 2.24. The first-order valence-electron chi connectivity index (χ1n) is 3.89. The van der Waals surface area contributed by atoms with Gasteiger partial charge in [0.2, 0.25) is 0 Å². The molecule has 74 valence electrons. The van der Waals surface area contributed by atoms with Crippen molar-refractivity contribution < 1.29 is 18.3 Å². The molecular formula is C8H11F2NO2. The molecule has 1 heterocycles. The number of halogens is 2. The number of rotatable bonds is 3. The number of cyclic esters (lactones) is 1. The van der Waals surface area contributed by atoms with E-state index in [1.54, 1.807) is 13.8 Å². The second kappa shape index (κ2) is 3.32. The van der Waals surface area contributed by atoms with Crippen LogP contribution in [0, 0.1) is 0 Å². The van der Waals surface area contributed by atoms with Gasteiger partial charge in [-0.2, -0.15) is 0 Å². The van der Waals surface area contributed by atoms with Gasteiger partial charge in [-0.05, 0) is 13.8 Å². The van der Waals surface area contributed by atoms with Gasteiger partial charge in [-0.1, -0.05) is 0 Å². The predicted molar refractivity (Wildman–Crippen MR) is 42.3 cm³/mol. The van der Waals surface area contributed by atoms with Gasteiger partial charge in [-0.25, -0.2) is 13.6 Å². The molecule has 0 aromatic carbocycles. The molecule has 13 heavy (non-hydrogen) atoms. The van der Waals surface area contributed by atoms with E-state index in [1.807, 2.05) is 0 Å². The number of hydrogen-bond acceptors (Lipinski definition) is 3. The molecule has 0 aliphatic carbocycles. The molecule has 1 rings (SSSR count). The van der Waals surface area contributed by atoms with E-state index in [1.165, 1.54) is 6.08 Å². The van der Waals surface area contributed by atoms with Gasteiger partial charge in [-0.3, -0.25) is 0 Å². The number of esters is 1. The third kappa shape index (κ3) is 2.40. The number of carbonyl (C=O) groups excluding carboxylic acids is 1. The Morgan fingerprint density at radius 2 is 2.23 bits per heavy atom. The van der Waals surface area contributed by atoms with E-state index in [4.69, 9.17) is 4.74 Å². The molecule has 5 heteroatoms. The molecule has 0 saturated carbocycles. The molecule has 1 N–H and O–H groups in total. The predicted octanol–water partition coefficient (Wildman–Crippen LogP) is 1.06. The van der Waals surface area contributed by atoms with Crippen LogP contribution in [0.25, 0.3) is 0 Å². The quantitative estimate of drug-likeness (QED) is 0.678. The molecule has 0 fully saturated rings. The van der Waals surface area contributed by atoms with Crippen molar-refractivity contribution in [1.29, 1.82) is 0 Å². The third-order valence-corrected chi connectivity index (χ3v) is 1.71. The average molecular weight is 191 g/mol. The largest absolute Gasteiger partial charge is 0.450 e. The van der Waals surface area contributed by atoms with E-state index >= 15 is 0 Å². The monoisotopic (exact) mass is 191 g/mol. The van der Waals surface area contributed by atoms with E-state index in [0.717, 1.165) is 0 Å². The lowest BCUT2D eigenvalue weighted by Crippen LogP contribution is -2.33. The van der Waals surface area contributed by atoms with Crippen LogP contribution in [0.2, 0.25) is 0 Å². The Kier molecular flexibility index (Phi) is 2.54. The van der Waals surface area contributed by atoms with Gasteiger partial charge < -0.3 is 10.1 Å². The Morgan fingerprint density at radius 1 is 1.62 bits per heavy atom. The van der Waals surface area contributed by atoms with Gasteiger partial charge in [0, 0.05) is 6.08 Å². The summed E-state index contributed by atoms with van der Waals surface area (Å²) in [6.45, 7) is 2.82. The summed E-state index contributed by atoms with van der Waals surface area (Å²) in [5, 5.41) is 2.47. The minimum absolute atomic E-state index is 0.401. The first-order chi connectivity index (χ1) is 5.92. The normalized spacial score (nSPS) is 20.1. The number of alkyl halides is 2. The summed E-state index contributed by atoms with van der Waals surface area (Å²) < 4.78 is 28.5. The SMILES string of the molecule is CC1(C)OC(=O)C=C1NCC(F)F. The van der Waals surface area contributed by atoms with Crippen LogP contribution in [0.3, 0.4) is 0 Å². The second-order valence-corrected chi connectivity index (χ2v) is 3.26. The van der Waals surface area contributed by atoms with Crippen molar-refractivity contribution in [3.05, 3.63) is 11.8 Å². The lowest BCUT2D eigenvalue weighted by Gasteiger charge is -2.22. The number of carbonyl (C=O) groups is 1. The lowest BCUT2D eigenvalue weighted by molar-refractivity contribution is -0.143. The third-order valence-electron chi connectivity index (χ3n) is 1.71. The first kappa shape index (κ1) is 9.95. The Labute approximate surface area is 74.8 Å². The molecule has 0 aromatic rings. The van der Waals surface area contributed by atoms with Crippen molar-refractivity contribution in [1.82, 2.24) is 5.32 Å². The number of nitrogens with one attached hydrogen (secondary N) is 1. The van der Waals surface area contributed by atoms with E-state index in [2.05, 4.69) is 5.32 Å². The molecule has 1 aliphatic heterocycles. The fraction of sp³-hybridized carbons (Fsp3) is 0.625. The fourth-order valence-corrected chi connectivity index (χ4v) is 1.08. The summed E-state index contributed by atoms with van der Waals surface area (Å²) in [5.41, 5.74) is -0.413. The van der Waals surface area contributed by atoms with Gasteiger partial charge in [0.15, 0.2) is 0 Å². The minimum Gasteiger partial charge on any atom is -0.450 e. The van der Waals surface area contributed by atoms with Crippen LogP contribution in [0.5, 0.6) is 0 Å². The van der Waals surface area contributed by atoms with Crippen molar-refractivity contribution in [3.63, 3.8) is 0 Å². The summed E-state index contributed by atoms with van der Waals surface area (Å²) in [5.74, 6) is -0.498. The van der Waals surface area contributed by atoms with Crippen molar-refractivity contribution in [3.8, 4) is 0 Å². The standard InChI is InChI=1S/C8H11F2NO2/c1-8(2)5(3-7(12)13-8)11-4-6(9)10/h3,6,11H,4H2,1-2H3. The summed E-state index contributed by atoms with van der Waals surface area (Å²) in [6.07, 6.45) is -1.24. The molecule has 1 aliphatic rings. The Balaban J connectivity index is 2.58. The first-order valence-corrected chi connectivity index (χ1v) is 3.89. The van der Waals surface area contributed by atoms with Crippen LogP contribution in [0.1, 0.15) is 13.8 Å². The highest BCUT2D eigenvalue weighted by Gasteiger charge is 2.34. The van der Waals surface area contributed by atoms with Crippen molar-refractivity contribution >= 4 is 5.97 Å². The van der Waals surface area contributed by atoms with Crippen molar-refractivity contribution in [2.45, 2.75) is 25.9 Å². The van der Waals surface area contributed by atoms with Crippen LogP contribution in [0.15, 0.2) is 11.8 Å². The highest BCUT2D eigenvalue weighted by atomic mass is 19.3. The lowest BCUT2D eigenvalue weighted by atomic mass is 10.1. The Morgan fingerprint density at radius 3 is 2.62 bits per heavy atom. The second-order valence-electron chi connectivity index (χ2n) is 3.26. The molecule has 0 spiro atoms. The summed E-state index contributed by atoms with van der Waals surface area (Å²) in [6, 6.07) is 0. The van der Waals surface area contributed by atoms with E-state index in [-0.39, 0.29) is 0 Å². The summed E-state index contributed by atoms with van der Waals surface area (Å²) in [4.78, 5) is 10.8. The van der Waals surface area contributed by atoms with Crippen LogP contribution in [-0.4, -0.2) is 24.5 Å². The topological polar surface area (TPSA) is 38.3 Å². The maximum Gasteiger partial charge on any atom is 0.333 e. The van der Waals surface area contributed by atoms with Crippen molar-refractivity contribution in [2.24, 2.45) is 0 Å². The van der Waals surface area contributed by atoms with Crippen LogP contribution in [0.4, 0.5) is 8.78 Å². The van der Waals surface area contributed by atoms with Crippen LogP contribution >= 0.6 is 0 Å². The molecule has 0 amide bonds. The fourth-order valence-electron chi connectivity index (χ4n) is 1.08. The maximum absolute atomic E-state index is 11.8. The Hall–Kier alpha value is -1.13. The molecule has 0 bridgehead atoms. The zero-order chi connectivity index (χ0) is 10.1. The Bertz CT molecular complexity index is 249. The highest BCUT2D eigenvalue weighted by molar-refractivity contribution is 5.86.